The molecule has 0 radical (unpaired) electrons. The molecule has 1 N–H and O–H groups in total. The summed E-state index contributed by atoms with van der Waals surface area (Å²) in [6, 6.07) is 3.70. The molecule has 3 aromatic rings. The van der Waals surface area contributed by atoms with E-state index in [2.05, 4.69) is 40.3 Å². The average molecular weight is 456 g/mol. The summed E-state index contributed by atoms with van der Waals surface area (Å²) in [6.07, 6.45) is 10.6. The van der Waals surface area contributed by atoms with Crippen molar-refractivity contribution in [2.75, 3.05) is 37.6 Å². The first-order valence-corrected chi connectivity index (χ1v) is 11.3. The lowest BCUT2D eigenvalue weighted by atomic mass is 9.71. The highest BCUT2D eigenvalue weighted by atomic mass is 35.5. The van der Waals surface area contributed by atoms with E-state index in [1.165, 1.54) is 11.0 Å². The zero-order chi connectivity index (χ0) is 22.0. The molecule has 0 aliphatic carbocycles. The zero-order valence-corrected chi connectivity index (χ0v) is 18.5. The molecule has 5 heterocycles. The minimum Gasteiger partial charge on any atom is -0.387 e. The van der Waals surface area contributed by atoms with Crippen LogP contribution in [-0.4, -0.2) is 77.9 Å². The highest BCUT2D eigenvalue weighted by Gasteiger charge is 2.38. The fourth-order valence-electron chi connectivity index (χ4n) is 4.74. The van der Waals surface area contributed by atoms with E-state index in [0.29, 0.717) is 22.9 Å². The topological polar surface area (TPSA) is 109 Å². The number of rotatable bonds is 5. The van der Waals surface area contributed by atoms with Gasteiger partial charge in [0.25, 0.3) is 0 Å². The Kier molecular flexibility index (Phi) is 5.99. The Bertz CT molecular complexity index is 995. The number of β-amino-alcohol motifs (C(OH)–C–C–N with tert-alkyl or cyclic N) is 1. The predicted molar refractivity (Wildman–Crippen MR) is 119 cm³/mol. The molecule has 10 nitrogen and oxygen atoms in total. The molecule has 32 heavy (non-hydrogen) atoms. The Balaban J connectivity index is 1.11. The number of hydrogen-bond donors (Lipinski definition) is 1. The van der Waals surface area contributed by atoms with E-state index in [1.54, 1.807) is 18.6 Å². The number of nitrogens with zero attached hydrogens (tertiary/aromatic N) is 9. The lowest BCUT2D eigenvalue weighted by Gasteiger charge is -2.47. The Morgan fingerprint density at radius 3 is 2.31 bits per heavy atom. The van der Waals surface area contributed by atoms with Crippen LogP contribution in [0, 0.1) is 5.41 Å². The van der Waals surface area contributed by atoms with E-state index in [1.807, 2.05) is 12.1 Å². The molecule has 1 spiro atoms. The maximum absolute atomic E-state index is 10.7. The standard InChI is InChI=1S/C21H26ClN9O/c22-18-12-25-20(13-23-18)30-9-5-21(6-10-30)3-7-29(8-4-21)14-17(32)16-1-2-19(24-11-16)31-15-26-27-28-31/h1-2,11-13,15,17,32H,3-10,14H2. The van der Waals surface area contributed by atoms with Crippen molar-refractivity contribution in [3.05, 3.63) is 47.8 Å². The second-order valence-electron chi connectivity index (χ2n) is 8.70. The van der Waals surface area contributed by atoms with Gasteiger partial charge in [0.15, 0.2) is 5.82 Å². The third-order valence-corrected chi connectivity index (χ3v) is 7.04. The zero-order valence-electron chi connectivity index (χ0n) is 17.8. The summed E-state index contributed by atoms with van der Waals surface area (Å²) in [5.74, 6) is 1.53. The van der Waals surface area contributed by atoms with Gasteiger partial charge in [-0.3, -0.25) is 0 Å². The van der Waals surface area contributed by atoms with Crippen LogP contribution in [0.15, 0.2) is 37.1 Å². The Morgan fingerprint density at radius 1 is 0.938 bits per heavy atom. The van der Waals surface area contributed by atoms with E-state index in [0.717, 1.165) is 63.2 Å². The number of likely N-dealkylation sites (tertiary alicyclic amines) is 1. The highest BCUT2D eigenvalue weighted by Crippen LogP contribution is 2.42. The molecule has 0 saturated carbocycles. The van der Waals surface area contributed by atoms with Crippen LogP contribution in [-0.2, 0) is 0 Å². The minimum absolute atomic E-state index is 0.396. The van der Waals surface area contributed by atoms with Gasteiger partial charge < -0.3 is 14.9 Å². The smallest absolute Gasteiger partial charge is 0.156 e. The second-order valence-corrected chi connectivity index (χ2v) is 9.09. The van der Waals surface area contributed by atoms with E-state index in [4.69, 9.17) is 11.6 Å². The maximum Gasteiger partial charge on any atom is 0.156 e. The number of aliphatic hydroxyl groups is 1. The van der Waals surface area contributed by atoms with Crippen LogP contribution in [0.1, 0.15) is 37.4 Å². The lowest BCUT2D eigenvalue weighted by molar-refractivity contribution is 0.0448. The number of anilines is 1. The van der Waals surface area contributed by atoms with Crippen molar-refractivity contribution in [2.45, 2.75) is 31.8 Å². The third-order valence-electron chi connectivity index (χ3n) is 6.84. The SMILES string of the molecule is OC(CN1CCC2(CC1)CCN(c1cnc(Cl)cn1)CC2)c1ccc(-n2cnnn2)nc1. The molecule has 3 aromatic heterocycles. The van der Waals surface area contributed by atoms with Gasteiger partial charge in [-0.25, -0.2) is 15.0 Å². The van der Waals surface area contributed by atoms with Crippen molar-refractivity contribution in [1.82, 2.24) is 40.1 Å². The van der Waals surface area contributed by atoms with Gasteiger partial charge in [-0.1, -0.05) is 17.7 Å². The van der Waals surface area contributed by atoms with E-state index >= 15 is 0 Å². The monoisotopic (exact) mass is 455 g/mol. The van der Waals surface area contributed by atoms with Crippen molar-refractivity contribution >= 4 is 17.4 Å². The Hall–Kier alpha value is -2.69. The number of pyridine rings is 1. The number of aliphatic hydroxyl groups excluding tert-OH is 1. The first kappa shape index (κ1) is 21.2. The van der Waals surface area contributed by atoms with Crippen molar-refractivity contribution in [3.63, 3.8) is 0 Å². The number of tetrazole rings is 1. The van der Waals surface area contributed by atoms with Crippen LogP contribution in [0.25, 0.3) is 5.82 Å². The molecule has 5 rings (SSSR count). The molecule has 2 saturated heterocycles. The first-order valence-electron chi connectivity index (χ1n) is 10.9. The van der Waals surface area contributed by atoms with Gasteiger partial charge in [-0.2, -0.15) is 4.68 Å². The number of piperidine rings is 2. The van der Waals surface area contributed by atoms with Gasteiger partial charge >= 0.3 is 0 Å². The highest BCUT2D eigenvalue weighted by molar-refractivity contribution is 6.29. The second kappa shape index (κ2) is 9.05. The minimum atomic E-state index is -0.565. The lowest BCUT2D eigenvalue weighted by Crippen LogP contribution is -2.47. The van der Waals surface area contributed by atoms with Crippen LogP contribution in [0.5, 0.6) is 0 Å². The maximum atomic E-state index is 10.7. The summed E-state index contributed by atoms with van der Waals surface area (Å²) >= 11 is 5.86. The fraction of sp³-hybridized carbons (Fsp3) is 0.524. The van der Waals surface area contributed by atoms with Gasteiger partial charge in [0, 0.05) is 31.4 Å². The predicted octanol–water partition coefficient (Wildman–Crippen LogP) is 1.92. The van der Waals surface area contributed by atoms with Crippen LogP contribution in [0.2, 0.25) is 5.15 Å². The summed E-state index contributed by atoms with van der Waals surface area (Å²) < 4.78 is 1.49. The molecule has 0 amide bonds. The molecule has 2 fully saturated rings. The van der Waals surface area contributed by atoms with Crippen LogP contribution in [0.4, 0.5) is 5.82 Å². The number of aromatic nitrogens is 7. The molecule has 1 atom stereocenters. The van der Waals surface area contributed by atoms with Gasteiger partial charge in [-0.15, -0.1) is 5.10 Å². The van der Waals surface area contributed by atoms with Gasteiger partial charge in [0.05, 0.1) is 18.5 Å². The van der Waals surface area contributed by atoms with Crippen LogP contribution >= 0.6 is 11.6 Å². The van der Waals surface area contributed by atoms with Crippen molar-refractivity contribution < 1.29 is 5.11 Å². The summed E-state index contributed by atoms with van der Waals surface area (Å²) in [4.78, 5) is 17.6. The summed E-state index contributed by atoms with van der Waals surface area (Å²) in [6.45, 7) is 4.63. The van der Waals surface area contributed by atoms with E-state index < -0.39 is 6.10 Å². The Labute approximate surface area is 191 Å². The van der Waals surface area contributed by atoms with Crippen LogP contribution in [0.3, 0.4) is 0 Å². The van der Waals surface area contributed by atoms with Gasteiger partial charge in [0.2, 0.25) is 0 Å². The molecule has 2 aliphatic rings. The van der Waals surface area contributed by atoms with E-state index in [-0.39, 0.29) is 0 Å². The summed E-state index contributed by atoms with van der Waals surface area (Å²) in [5.41, 5.74) is 1.20. The molecular weight excluding hydrogens is 430 g/mol. The Morgan fingerprint density at radius 2 is 1.69 bits per heavy atom. The fourth-order valence-corrected chi connectivity index (χ4v) is 4.83. The molecule has 11 heteroatoms. The van der Waals surface area contributed by atoms with Crippen molar-refractivity contribution in [3.8, 4) is 5.82 Å². The molecule has 2 aliphatic heterocycles. The van der Waals surface area contributed by atoms with Gasteiger partial charge in [-0.05, 0) is 60.7 Å². The molecule has 0 bridgehead atoms. The van der Waals surface area contributed by atoms with Gasteiger partial charge in [0.1, 0.15) is 17.3 Å². The number of hydrogen-bond acceptors (Lipinski definition) is 9. The average Bonchev–Trinajstić information content (AvgIpc) is 3.37. The van der Waals surface area contributed by atoms with Crippen LogP contribution < -0.4 is 4.90 Å². The molecule has 0 aromatic carbocycles. The van der Waals surface area contributed by atoms with Crippen molar-refractivity contribution in [1.29, 1.82) is 0 Å². The third kappa shape index (κ3) is 4.57. The molecular formula is C21H26ClN9O. The van der Waals surface area contributed by atoms with Crippen molar-refractivity contribution in [2.24, 2.45) is 5.41 Å². The van der Waals surface area contributed by atoms with E-state index in [9.17, 15) is 5.11 Å². The first-order chi connectivity index (χ1) is 15.6. The molecule has 1 unspecified atom stereocenters. The summed E-state index contributed by atoms with van der Waals surface area (Å²) in [7, 11) is 0. The largest absolute Gasteiger partial charge is 0.387 e. The quantitative estimate of drug-likeness (QED) is 0.616. The normalized spacial score (nSPS) is 19.9. The summed E-state index contributed by atoms with van der Waals surface area (Å²) in [5, 5.41) is 22.2. The number of halogens is 1. The molecule has 168 valence electrons.